The number of nitrogens with zero attached hydrogens (tertiary/aromatic N) is 1. The van der Waals surface area contributed by atoms with Crippen molar-refractivity contribution in [1.82, 2.24) is 10.2 Å². The first-order chi connectivity index (χ1) is 9.85. The molecular weight excluding hydrogens is 292 g/mol. The molecule has 1 N–H and O–H groups in total. The minimum absolute atomic E-state index is 0.300. The second-order valence-corrected chi connectivity index (χ2v) is 7.44. The summed E-state index contributed by atoms with van der Waals surface area (Å²) >= 11 is 1.42. The van der Waals surface area contributed by atoms with Crippen LogP contribution in [0.15, 0.2) is 0 Å². The van der Waals surface area contributed by atoms with Crippen LogP contribution in [-0.4, -0.2) is 53.0 Å². The summed E-state index contributed by atoms with van der Waals surface area (Å²) in [5.41, 5.74) is -0.983. The average Bonchev–Trinajstić information content (AvgIpc) is 2.86. The van der Waals surface area contributed by atoms with Crippen LogP contribution >= 0.6 is 11.8 Å². The monoisotopic (exact) mass is 316 g/mol. The summed E-state index contributed by atoms with van der Waals surface area (Å²) in [6.07, 6.45) is 2.92. The second kappa shape index (κ2) is 6.87. The van der Waals surface area contributed by atoms with Crippen LogP contribution < -0.4 is 5.32 Å². The van der Waals surface area contributed by atoms with Crippen molar-refractivity contribution in [2.45, 2.75) is 57.2 Å². The van der Waals surface area contributed by atoms with Gasteiger partial charge in [-0.1, -0.05) is 11.8 Å². The van der Waals surface area contributed by atoms with Crippen LogP contribution in [0.25, 0.3) is 0 Å². The highest BCUT2D eigenvalue weighted by molar-refractivity contribution is 8.00. The Morgan fingerprint density at radius 2 is 1.86 bits per heavy atom. The van der Waals surface area contributed by atoms with E-state index in [9.17, 15) is 9.59 Å². The van der Waals surface area contributed by atoms with Crippen molar-refractivity contribution in [3.63, 3.8) is 0 Å². The Labute approximate surface area is 129 Å². The van der Waals surface area contributed by atoms with Gasteiger partial charge >= 0.3 is 12.1 Å². The van der Waals surface area contributed by atoms with E-state index in [2.05, 4.69) is 5.32 Å². The van der Waals surface area contributed by atoms with E-state index in [0.717, 1.165) is 25.9 Å². The molecule has 0 aliphatic carbocycles. The lowest BCUT2D eigenvalue weighted by Crippen LogP contribution is -2.44. The lowest BCUT2D eigenvalue weighted by atomic mass is 10.1. The van der Waals surface area contributed by atoms with Crippen LogP contribution in [0, 0.1) is 0 Å². The van der Waals surface area contributed by atoms with Gasteiger partial charge in [-0.15, -0.1) is 0 Å². The van der Waals surface area contributed by atoms with Gasteiger partial charge in [-0.3, -0.25) is 10.1 Å². The quantitative estimate of drug-likeness (QED) is 0.785. The van der Waals surface area contributed by atoms with Gasteiger partial charge in [0.15, 0.2) is 0 Å². The average molecular weight is 316 g/mol. The van der Waals surface area contributed by atoms with Crippen LogP contribution in [0.2, 0.25) is 0 Å². The largest absolute Gasteiger partial charge is 0.459 e. The van der Waals surface area contributed by atoms with E-state index in [1.807, 2.05) is 20.8 Å². The number of amides is 1. The molecule has 0 aromatic heterocycles. The highest BCUT2D eigenvalue weighted by atomic mass is 32.2. The molecule has 2 rings (SSSR count). The molecule has 120 valence electrons. The number of hydrogen-bond acceptors (Lipinski definition) is 6. The van der Waals surface area contributed by atoms with Crippen molar-refractivity contribution in [1.29, 1.82) is 0 Å². The Balaban J connectivity index is 1.77. The van der Waals surface area contributed by atoms with Gasteiger partial charge in [0, 0.05) is 18.8 Å². The molecule has 0 aromatic carbocycles. The lowest BCUT2D eigenvalue weighted by Gasteiger charge is -2.27. The first-order valence-corrected chi connectivity index (χ1v) is 8.46. The number of piperidine rings is 1. The number of nitrogens with one attached hydrogen (secondary N) is 1. The molecule has 7 heteroatoms. The molecule has 6 nitrogen and oxygen atoms in total. The zero-order chi connectivity index (χ0) is 15.5. The Kier molecular flexibility index (Phi) is 5.37. The number of carbonyl (C=O) groups excluding carboxylic acids is 2. The summed E-state index contributed by atoms with van der Waals surface area (Å²) in [5, 5.41) is 3.00. The Hall–Kier alpha value is -0.950. The topological polar surface area (TPSA) is 67.9 Å². The summed E-state index contributed by atoms with van der Waals surface area (Å²) in [7, 11) is 0. The fourth-order valence-corrected chi connectivity index (χ4v) is 3.27. The standard InChI is InChI=1S/C14H24N2O4S/c1-14(2,3)20-11(17)10-9-21-12(15-10)19-13(18)16-7-5-4-6-8-16/h10,12,15H,4-9H2,1-3H3. The second-order valence-electron chi connectivity index (χ2n) is 6.35. The number of thioether (sulfide) groups is 1. The first kappa shape index (κ1) is 16.4. The first-order valence-electron chi connectivity index (χ1n) is 7.41. The predicted octanol–water partition coefficient (Wildman–Crippen LogP) is 1.94. The van der Waals surface area contributed by atoms with E-state index >= 15 is 0 Å². The number of likely N-dealkylation sites (tertiary alicyclic amines) is 1. The van der Waals surface area contributed by atoms with Gasteiger partial charge in [0.1, 0.15) is 11.6 Å². The van der Waals surface area contributed by atoms with Gasteiger partial charge in [-0.2, -0.15) is 0 Å². The van der Waals surface area contributed by atoms with Crippen LogP contribution in [0.1, 0.15) is 40.0 Å². The Bertz CT molecular complexity index is 391. The van der Waals surface area contributed by atoms with E-state index in [0.29, 0.717) is 5.75 Å². The maximum atomic E-state index is 12.0. The molecule has 2 atom stereocenters. The van der Waals surface area contributed by atoms with E-state index in [1.165, 1.54) is 18.2 Å². The van der Waals surface area contributed by atoms with Crippen molar-refractivity contribution in [2.75, 3.05) is 18.8 Å². The molecule has 2 fully saturated rings. The number of rotatable bonds is 2. The fraction of sp³-hybridized carbons (Fsp3) is 0.857. The zero-order valence-corrected chi connectivity index (χ0v) is 13.7. The van der Waals surface area contributed by atoms with Crippen LogP contribution in [-0.2, 0) is 14.3 Å². The van der Waals surface area contributed by atoms with E-state index in [-0.39, 0.29) is 12.1 Å². The zero-order valence-electron chi connectivity index (χ0n) is 12.9. The summed E-state index contributed by atoms with van der Waals surface area (Å²) in [6.45, 7) is 7.01. The van der Waals surface area contributed by atoms with Gasteiger partial charge in [0.05, 0.1) is 0 Å². The number of carbonyl (C=O) groups is 2. The highest BCUT2D eigenvalue weighted by Crippen LogP contribution is 2.23. The van der Waals surface area contributed by atoms with Crippen molar-refractivity contribution in [3.8, 4) is 0 Å². The molecule has 2 heterocycles. The Morgan fingerprint density at radius 1 is 1.19 bits per heavy atom. The van der Waals surface area contributed by atoms with E-state index < -0.39 is 17.2 Å². The molecule has 0 spiro atoms. The van der Waals surface area contributed by atoms with Crippen molar-refractivity contribution in [3.05, 3.63) is 0 Å². The number of ether oxygens (including phenoxy) is 2. The predicted molar refractivity (Wildman–Crippen MR) is 80.9 cm³/mol. The molecule has 2 saturated heterocycles. The third kappa shape index (κ3) is 5.07. The van der Waals surface area contributed by atoms with Crippen molar-refractivity contribution in [2.24, 2.45) is 0 Å². The maximum Gasteiger partial charge on any atom is 0.411 e. The van der Waals surface area contributed by atoms with Crippen LogP contribution in [0.4, 0.5) is 4.79 Å². The number of esters is 1. The SMILES string of the molecule is CC(C)(C)OC(=O)C1CSC(OC(=O)N2CCCCC2)N1. The molecule has 0 bridgehead atoms. The molecular formula is C14H24N2O4S. The minimum atomic E-state index is -0.508. The molecule has 0 aromatic rings. The van der Waals surface area contributed by atoms with Gasteiger partial charge in [0.2, 0.25) is 5.56 Å². The minimum Gasteiger partial charge on any atom is -0.459 e. The molecule has 1 amide bonds. The maximum absolute atomic E-state index is 12.0. The van der Waals surface area contributed by atoms with Crippen molar-refractivity contribution >= 4 is 23.8 Å². The van der Waals surface area contributed by atoms with Crippen LogP contribution in [0.3, 0.4) is 0 Å². The summed E-state index contributed by atoms with van der Waals surface area (Å²) in [6, 6.07) is -0.423. The number of hydrogen-bond donors (Lipinski definition) is 1. The van der Waals surface area contributed by atoms with Gasteiger partial charge in [-0.05, 0) is 40.0 Å². The summed E-state index contributed by atoms with van der Waals surface area (Å²) in [4.78, 5) is 25.7. The molecule has 21 heavy (non-hydrogen) atoms. The summed E-state index contributed by atoms with van der Waals surface area (Å²) < 4.78 is 10.7. The molecule has 2 unspecified atom stereocenters. The lowest BCUT2D eigenvalue weighted by molar-refractivity contribution is -0.157. The smallest absolute Gasteiger partial charge is 0.411 e. The molecule has 0 radical (unpaired) electrons. The Morgan fingerprint density at radius 3 is 2.48 bits per heavy atom. The van der Waals surface area contributed by atoms with Crippen LogP contribution in [0.5, 0.6) is 0 Å². The van der Waals surface area contributed by atoms with Gasteiger partial charge in [-0.25, -0.2) is 4.79 Å². The summed E-state index contributed by atoms with van der Waals surface area (Å²) in [5.74, 6) is 0.249. The van der Waals surface area contributed by atoms with Gasteiger partial charge < -0.3 is 14.4 Å². The van der Waals surface area contributed by atoms with E-state index in [1.54, 1.807) is 4.90 Å². The normalized spacial score (nSPS) is 26.5. The third-order valence-corrected chi connectivity index (χ3v) is 4.33. The van der Waals surface area contributed by atoms with Gasteiger partial charge in [0.25, 0.3) is 0 Å². The molecule has 0 saturated carbocycles. The molecule has 2 aliphatic rings. The fourth-order valence-electron chi connectivity index (χ4n) is 2.26. The third-order valence-electron chi connectivity index (χ3n) is 3.26. The molecule has 2 aliphatic heterocycles. The van der Waals surface area contributed by atoms with E-state index in [4.69, 9.17) is 9.47 Å². The highest BCUT2D eigenvalue weighted by Gasteiger charge is 2.35. The van der Waals surface area contributed by atoms with Crippen molar-refractivity contribution < 1.29 is 19.1 Å².